The molecule has 0 unspecified atom stereocenters. The lowest BCUT2D eigenvalue weighted by Gasteiger charge is -2.15. The molecule has 2 N–H and O–H groups in total. The number of ether oxygens (including phenoxy) is 1. The van der Waals surface area contributed by atoms with Gasteiger partial charge in [0.05, 0.1) is 6.61 Å². The molecular formula is C18H20ClNO5S. The number of aromatic hydroxyl groups is 1. The summed E-state index contributed by atoms with van der Waals surface area (Å²) in [7, 11) is 1.58. The summed E-state index contributed by atoms with van der Waals surface area (Å²) in [4.78, 5) is 24.8. The number of hydrogen-bond acceptors (Lipinski definition) is 5. The first-order chi connectivity index (χ1) is 12.4. The number of rotatable bonds is 5. The number of benzene rings is 1. The monoisotopic (exact) mass is 397 g/mol. The summed E-state index contributed by atoms with van der Waals surface area (Å²) in [5, 5.41) is 18.4. The van der Waals surface area contributed by atoms with Crippen LogP contribution in [0.15, 0.2) is 30.3 Å². The fourth-order valence-corrected chi connectivity index (χ4v) is 3.60. The molecule has 0 atom stereocenters. The van der Waals surface area contributed by atoms with Crippen LogP contribution in [0.3, 0.4) is 0 Å². The number of hydrogen-bond donors (Lipinski definition) is 2. The number of methoxy groups -OCH3 is 1. The second-order valence-electron chi connectivity index (χ2n) is 5.74. The molecule has 3 rings (SSSR count). The maximum atomic E-state index is 11.4. The molecule has 0 radical (unpaired) electrons. The minimum atomic E-state index is -0.877. The number of carbonyl (C=O) groups is 2. The van der Waals surface area contributed by atoms with Gasteiger partial charge in [0.2, 0.25) is 5.91 Å². The van der Waals surface area contributed by atoms with E-state index in [0.29, 0.717) is 29.5 Å². The number of nitrogens with zero attached hydrogens (tertiary/aromatic N) is 1. The maximum Gasteiger partial charge on any atom is 0.345 e. The quantitative estimate of drug-likeness (QED) is 0.802. The molecule has 0 aliphatic carbocycles. The average Bonchev–Trinajstić information content (AvgIpc) is 3.17. The van der Waals surface area contributed by atoms with Gasteiger partial charge in [0.25, 0.3) is 0 Å². The van der Waals surface area contributed by atoms with Gasteiger partial charge >= 0.3 is 5.97 Å². The first kappa shape index (κ1) is 20.2. The Morgan fingerprint density at radius 1 is 1.35 bits per heavy atom. The van der Waals surface area contributed by atoms with Gasteiger partial charge in [0, 0.05) is 36.5 Å². The number of amides is 1. The predicted octanol–water partition coefficient (Wildman–Crippen LogP) is 3.76. The van der Waals surface area contributed by atoms with Crippen LogP contribution in [0.1, 0.15) is 33.0 Å². The third-order valence-corrected chi connectivity index (χ3v) is 4.91. The minimum Gasteiger partial charge on any atom is -0.508 e. The fraction of sp³-hybridized carbons (Fsp3) is 0.333. The van der Waals surface area contributed by atoms with Crippen molar-refractivity contribution in [2.45, 2.75) is 26.0 Å². The zero-order valence-corrected chi connectivity index (χ0v) is 15.8. The van der Waals surface area contributed by atoms with Crippen LogP contribution in [-0.4, -0.2) is 40.6 Å². The molecule has 8 heteroatoms. The van der Waals surface area contributed by atoms with Crippen molar-refractivity contribution >= 4 is 34.8 Å². The molecule has 0 spiro atoms. The van der Waals surface area contributed by atoms with Gasteiger partial charge in [-0.2, -0.15) is 0 Å². The van der Waals surface area contributed by atoms with Crippen LogP contribution in [-0.2, 0) is 22.7 Å². The SMILES string of the molecule is COCc1ccc(C(=O)O)s1.O=C1CCCN1Cc1cc(O)cc(Cl)c1. The molecule has 26 heavy (non-hydrogen) atoms. The largest absolute Gasteiger partial charge is 0.508 e. The third-order valence-electron chi connectivity index (χ3n) is 3.65. The predicted molar refractivity (Wildman–Crippen MR) is 99.8 cm³/mol. The van der Waals surface area contributed by atoms with Crippen molar-refractivity contribution in [1.82, 2.24) is 4.90 Å². The number of carboxylic acids is 1. The Hall–Kier alpha value is -2.09. The van der Waals surface area contributed by atoms with Gasteiger partial charge < -0.3 is 19.8 Å². The first-order valence-corrected chi connectivity index (χ1v) is 9.15. The number of aromatic carboxylic acids is 1. The molecule has 6 nitrogen and oxygen atoms in total. The summed E-state index contributed by atoms with van der Waals surface area (Å²) in [6.45, 7) is 1.82. The van der Waals surface area contributed by atoms with Crippen LogP contribution in [0.4, 0.5) is 0 Å². The van der Waals surface area contributed by atoms with Gasteiger partial charge in [-0.05, 0) is 42.3 Å². The van der Waals surface area contributed by atoms with Gasteiger partial charge in [-0.3, -0.25) is 4.79 Å². The van der Waals surface area contributed by atoms with Crippen molar-refractivity contribution in [2.24, 2.45) is 0 Å². The van der Waals surface area contributed by atoms with Gasteiger partial charge in [-0.1, -0.05) is 11.6 Å². The van der Waals surface area contributed by atoms with Gasteiger partial charge in [-0.25, -0.2) is 4.79 Å². The van der Waals surface area contributed by atoms with Gasteiger partial charge in [0.15, 0.2) is 0 Å². The highest BCUT2D eigenvalue weighted by molar-refractivity contribution is 7.13. The third kappa shape index (κ3) is 6.01. The van der Waals surface area contributed by atoms with Crippen LogP contribution in [0.25, 0.3) is 0 Å². The smallest absolute Gasteiger partial charge is 0.345 e. The molecule has 2 heterocycles. The number of carbonyl (C=O) groups excluding carboxylic acids is 1. The van der Waals surface area contributed by atoms with E-state index < -0.39 is 5.97 Å². The molecule has 1 aliphatic rings. The number of phenolic OH excluding ortho intramolecular Hbond substituents is 1. The average molecular weight is 398 g/mol. The summed E-state index contributed by atoms with van der Waals surface area (Å²) in [6, 6.07) is 8.24. The zero-order chi connectivity index (χ0) is 19.1. The number of carboxylic acid groups (broad SMARTS) is 1. The zero-order valence-electron chi connectivity index (χ0n) is 14.3. The molecule has 1 fully saturated rings. The van der Waals surface area contributed by atoms with Gasteiger partial charge in [-0.15, -0.1) is 11.3 Å². The van der Waals surface area contributed by atoms with E-state index in [0.717, 1.165) is 23.4 Å². The number of phenols is 1. The highest BCUT2D eigenvalue weighted by Crippen LogP contribution is 2.22. The van der Waals surface area contributed by atoms with E-state index in [1.165, 1.54) is 17.4 Å². The maximum absolute atomic E-state index is 11.4. The van der Waals surface area contributed by atoms with E-state index >= 15 is 0 Å². The molecule has 1 aliphatic heterocycles. The van der Waals surface area contributed by atoms with Crippen molar-refractivity contribution < 1.29 is 24.5 Å². The standard InChI is InChI=1S/C11H12ClNO2.C7H8O3S/c12-9-4-8(5-10(14)6-9)7-13-3-1-2-11(13)15;1-10-4-5-2-3-6(11-5)7(8)9/h4-6,14H,1-3,7H2;2-3H,4H2,1H3,(H,8,9). The normalized spacial score (nSPS) is 13.5. The van der Waals surface area contributed by atoms with E-state index in [4.69, 9.17) is 21.4 Å². The van der Waals surface area contributed by atoms with Gasteiger partial charge in [0.1, 0.15) is 10.6 Å². The Balaban J connectivity index is 0.000000197. The van der Waals surface area contributed by atoms with E-state index in [1.807, 2.05) is 0 Å². The summed E-state index contributed by atoms with van der Waals surface area (Å²) in [5.41, 5.74) is 0.871. The molecule has 1 amide bonds. The van der Waals surface area contributed by atoms with Crippen LogP contribution in [0.5, 0.6) is 5.75 Å². The molecule has 140 valence electrons. The Kier molecular flexibility index (Phi) is 7.44. The van der Waals surface area contributed by atoms with E-state index in [9.17, 15) is 14.7 Å². The Morgan fingerprint density at radius 3 is 2.65 bits per heavy atom. The van der Waals surface area contributed by atoms with Crippen LogP contribution in [0, 0.1) is 0 Å². The highest BCUT2D eigenvalue weighted by atomic mass is 35.5. The summed E-state index contributed by atoms with van der Waals surface area (Å²) < 4.78 is 4.84. The number of halogens is 1. The molecule has 0 saturated carbocycles. The highest BCUT2D eigenvalue weighted by Gasteiger charge is 2.20. The van der Waals surface area contributed by atoms with E-state index in [2.05, 4.69) is 0 Å². The summed E-state index contributed by atoms with van der Waals surface area (Å²) in [6.07, 6.45) is 1.55. The molecule has 2 aromatic rings. The van der Waals surface area contributed by atoms with Crippen molar-refractivity contribution in [3.63, 3.8) is 0 Å². The molecule has 1 aromatic carbocycles. The second kappa shape index (κ2) is 9.56. The van der Waals surface area contributed by atoms with Crippen molar-refractivity contribution in [3.8, 4) is 5.75 Å². The minimum absolute atomic E-state index is 0.143. The van der Waals surface area contributed by atoms with Crippen molar-refractivity contribution in [3.05, 3.63) is 50.7 Å². The lowest BCUT2D eigenvalue weighted by molar-refractivity contribution is -0.128. The number of thiophene rings is 1. The van der Waals surface area contributed by atoms with E-state index in [-0.39, 0.29) is 11.7 Å². The lowest BCUT2D eigenvalue weighted by Crippen LogP contribution is -2.23. The summed E-state index contributed by atoms with van der Waals surface area (Å²) in [5.74, 6) is -0.559. The van der Waals surface area contributed by atoms with Crippen LogP contribution in [0.2, 0.25) is 5.02 Å². The first-order valence-electron chi connectivity index (χ1n) is 7.96. The topological polar surface area (TPSA) is 87.1 Å². The fourth-order valence-electron chi connectivity index (χ4n) is 2.53. The van der Waals surface area contributed by atoms with Crippen LogP contribution >= 0.6 is 22.9 Å². The Bertz CT molecular complexity index is 756. The lowest BCUT2D eigenvalue weighted by atomic mass is 10.2. The Labute approximate surface area is 160 Å². The Morgan fingerprint density at radius 2 is 2.12 bits per heavy atom. The molecular weight excluding hydrogens is 378 g/mol. The summed E-state index contributed by atoms with van der Waals surface area (Å²) >= 11 is 7.05. The van der Waals surface area contributed by atoms with E-state index in [1.54, 1.807) is 36.3 Å². The molecule has 1 saturated heterocycles. The molecule has 1 aromatic heterocycles. The molecule has 0 bridgehead atoms. The number of likely N-dealkylation sites (tertiary alicyclic amines) is 1. The van der Waals surface area contributed by atoms with Crippen molar-refractivity contribution in [2.75, 3.05) is 13.7 Å². The van der Waals surface area contributed by atoms with Crippen LogP contribution < -0.4 is 0 Å². The second-order valence-corrected chi connectivity index (χ2v) is 7.35. The van der Waals surface area contributed by atoms with Crippen molar-refractivity contribution in [1.29, 1.82) is 0 Å².